The van der Waals surface area contributed by atoms with Gasteiger partial charge in [0.2, 0.25) is 0 Å². The Labute approximate surface area is 140 Å². The van der Waals surface area contributed by atoms with Gasteiger partial charge in [0.15, 0.2) is 5.69 Å². The molecule has 24 heavy (non-hydrogen) atoms. The van der Waals surface area contributed by atoms with Crippen molar-refractivity contribution in [3.05, 3.63) is 52.8 Å². The van der Waals surface area contributed by atoms with Crippen LogP contribution in [0.5, 0.6) is 0 Å². The molecular weight excluding hydrogens is 308 g/mol. The minimum atomic E-state index is -0.457. The first-order chi connectivity index (χ1) is 11.7. The summed E-state index contributed by atoms with van der Waals surface area (Å²) in [4.78, 5) is 26.0. The summed E-state index contributed by atoms with van der Waals surface area (Å²) in [5.74, 6) is -0.457. The number of urea groups is 1. The Morgan fingerprint density at radius 3 is 2.88 bits per heavy atom. The minimum Gasteiger partial charge on any atom is -0.461 e. The van der Waals surface area contributed by atoms with Crippen LogP contribution in [0.15, 0.2) is 30.3 Å². The number of esters is 1. The smallest absolute Gasteiger partial charge is 0.359 e. The zero-order valence-corrected chi connectivity index (χ0v) is 13.5. The maximum atomic E-state index is 12.4. The lowest BCUT2D eigenvalue weighted by Gasteiger charge is -2.27. The van der Waals surface area contributed by atoms with Crippen molar-refractivity contribution < 1.29 is 14.3 Å². The molecule has 2 heterocycles. The number of hydrogen-bond donors (Lipinski definition) is 2. The van der Waals surface area contributed by atoms with Crippen molar-refractivity contribution in [2.45, 2.75) is 26.4 Å². The van der Waals surface area contributed by atoms with Gasteiger partial charge in [0, 0.05) is 30.8 Å². The SMILES string of the molecule is CCOC(=O)c1n[nH]c2c1CN(C(=O)NCc1ccccc1)CC2. The lowest BCUT2D eigenvalue weighted by molar-refractivity contribution is 0.0516. The molecule has 2 amide bonds. The van der Waals surface area contributed by atoms with Crippen LogP contribution in [0.1, 0.15) is 34.2 Å². The molecule has 1 aliphatic rings. The van der Waals surface area contributed by atoms with Crippen molar-refractivity contribution in [2.75, 3.05) is 13.2 Å². The second kappa shape index (κ2) is 7.16. The Balaban J connectivity index is 1.64. The number of nitrogens with zero attached hydrogens (tertiary/aromatic N) is 2. The van der Waals surface area contributed by atoms with Crippen molar-refractivity contribution >= 4 is 12.0 Å². The molecule has 0 atom stereocenters. The third kappa shape index (κ3) is 3.40. The Kier molecular flexibility index (Phi) is 4.79. The van der Waals surface area contributed by atoms with Gasteiger partial charge in [-0.2, -0.15) is 5.10 Å². The Hall–Kier alpha value is -2.83. The van der Waals surface area contributed by atoms with Crippen LogP contribution < -0.4 is 5.32 Å². The molecular formula is C17H20N4O3. The van der Waals surface area contributed by atoms with E-state index in [1.165, 1.54) is 0 Å². The summed E-state index contributed by atoms with van der Waals surface area (Å²) in [7, 11) is 0. The number of amides is 2. The Bertz CT molecular complexity index is 727. The van der Waals surface area contributed by atoms with E-state index in [0.29, 0.717) is 32.7 Å². The van der Waals surface area contributed by atoms with Gasteiger partial charge < -0.3 is 15.0 Å². The molecule has 0 radical (unpaired) electrons. The number of fused-ring (bicyclic) bond motifs is 1. The molecule has 0 saturated heterocycles. The number of hydrogen-bond acceptors (Lipinski definition) is 4. The summed E-state index contributed by atoms with van der Waals surface area (Å²) in [6.07, 6.45) is 0.639. The van der Waals surface area contributed by atoms with E-state index in [1.807, 2.05) is 30.3 Å². The molecule has 1 aromatic heterocycles. The molecule has 0 aliphatic carbocycles. The van der Waals surface area contributed by atoms with Crippen LogP contribution in [0.4, 0.5) is 4.79 Å². The lowest BCUT2D eigenvalue weighted by Crippen LogP contribution is -2.42. The van der Waals surface area contributed by atoms with E-state index >= 15 is 0 Å². The molecule has 0 saturated carbocycles. The van der Waals surface area contributed by atoms with E-state index in [1.54, 1.807) is 11.8 Å². The van der Waals surface area contributed by atoms with Crippen LogP contribution in [-0.4, -0.2) is 40.2 Å². The number of ether oxygens (including phenoxy) is 1. The van der Waals surface area contributed by atoms with Gasteiger partial charge in [-0.15, -0.1) is 0 Å². The van der Waals surface area contributed by atoms with Crippen LogP contribution in [0.25, 0.3) is 0 Å². The molecule has 126 valence electrons. The number of aromatic amines is 1. The molecule has 7 nitrogen and oxygen atoms in total. The van der Waals surface area contributed by atoms with E-state index < -0.39 is 5.97 Å². The van der Waals surface area contributed by atoms with Crippen molar-refractivity contribution in [2.24, 2.45) is 0 Å². The van der Waals surface area contributed by atoms with Crippen LogP contribution in [-0.2, 0) is 24.2 Å². The average molecular weight is 328 g/mol. The summed E-state index contributed by atoms with van der Waals surface area (Å²) in [6, 6.07) is 9.58. The van der Waals surface area contributed by atoms with Gasteiger partial charge in [-0.05, 0) is 12.5 Å². The van der Waals surface area contributed by atoms with Gasteiger partial charge >= 0.3 is 12.0 Å². The molecule has 1 aliphatic heterocycles. The van der Waals surface area contributed by atoms with E-state index in [-0.39, 0.29) is 11.7 Å². The molecule has 0 unspecified atom stereocenters. The van der Waals surface area contributed by atoms with Crippen molar-refractivity contribution in [3.63, 3.8) is 0 Å². The first kappa shape index (κ1) is 16.0. The first-order valence-electron chi connectivity index (χ1n) is 7.99. The summed E-state index contributed by atoms with van der Waals surface area (Å²) >= 11 is 0. The highest BCUT2D eigenvalue weighted by molar-refractivity contribution is 5.89. The van der Waals surface area contributed by atoms with E-state index in [2.05, 4.69) is 15.5 Å². The molecule has 2 N–H and O–H groups in total. The summed E-state index contributed by atoms with van der Waals surface area (Å²) in [5.41, 5.74) is 2.95. The minimum absolute atomic E-state index is 0.152. The third-order valence-corrected chi connectivity index (χ3v) is 3.98. The molecule has 0 spiro atoms. The Morgan fingerprint density at radius 1 is 1.33 bits per heavy atom. The van der Waals surface area contributed by atoms with Crippen LogP contribution in [0.3, 0.4) is 0 Å². The first-order valence-corrected chi connectivity index (χ1v) is 7.99. The predicted molar refractivity (Wildman–Crippen MR) is 87.3 cm³/mol. The number of rotatable bonds is 4. The largest absolute Gasteiger partial charge is 0.461 e. The number of H-pyrrole nitrogens is 1. The van der Waals surface area contributed by atoms with Gasteiger partial charge in [-0.3, -0.25) is 5.10 Å². The number of carbonyl (C=O) groups is 2. The zero-order valence-electron chi connectivity index (χ0n) is 13.5. The van der Waals surface area contributed by atoms with Gasteiger partial charge in [-0.25, -0.2) is 9.59 Å². The monoisotopic (exact) mass is 328 g/mol. The average Bonchev–Trinajstić information content (AvgIpc) is 3.04. The lowest BCUT2D eigenvalue weighted by atomic mass is 10.1. The fourth-order valence-corrected chi connectivity index (χ4v) is 2.72. The van der Waals surface area contributed by atoms with Gasteiger partial charge in [0.1, 0.15) is 0 Å². The van der Waals surface area contributed by atoms with Crippen molar-refractivity contribution in [1.29, 1.82) is 0 Å². The Morgan fingerprint density at radius 2 is 2.12 bits per heavy atom. The number of aromatic nitrogens is 2. The van der Waals surface area contributed by atoms with E-state index in [9.17, 15) is 9.59 Å². The molecule has 0 fully saturated rings. The van der Waals surface area contributed by atoms with Crippen molar-refractivity contribution in [1.82, 2.24) is 20.4 Å². The number of benzene rings is 1. The standard InChI is InChI=1S/C17H20N4O3/c1-2-24-16(22)15-13-11-21(9-8-14(13)19-20-15)17(23)18-10-12-6-4-3-5-7-12/h3-7H,2,8-11H2,1H3,(H,18,23)(H,19,20). The second-order valence-electron chi connectivity index (χ2n) is 5.57. The van der Waals surface area contributed by atoms with Gasteiger partial charge in [0.05, 0.1) is 13.2 Å². The maximum Gasteiger partial charge on any atom is 0.359 e. The summed E-state index contributed by atoms with van der Waals surface area (Å²) in [5, 5.41) is 9.83. The number of nitrogens with one attached hydrogen (secondary N) is 2. The van der Waals surface area contributed by atoms with Crippen molar-refractivity contribution in [3.8, 4) is 0 Å². The summed E-state index contributed by atoms with van der Waals surface area (Å²) in [6.45, 7) is 3.44. The van der Waals surface area contributed by atoms with E-state index in [0.717, 1.165) is 16.8 Å². The van der Waals surface area contributed by atoms with Gasteiger partial charge in [-0.1, -0.05) is 30.3 Å². The highest BCUT2D eigenvalue weighted by Gasteiger charge is 2.28. The molecule has 3 rings (SSSR count). The third-order valence-electron chi connectivity index (χ3n) is 3.98. The highest BCUT2D eigenvalue weighted by Crippen LogP contribution is 2.21. The van der Waals surface area contributed by atoms with Crippen LogP contribution in [0, 0.1) is 0 Å². The highest BCUT2D eigenvalue weighted by atomic mass is 16.5. The molecule has 7 heteroatoms. The normalized spacial score (nSPS) is 13.3. The quantitative estimate of drug-likeness (QED) is 0.839. The topological polar surface area (TPSA) is 87.3 Å². The van der Waals surface area contributed by atoms with Crippen LogP contribution >= 0.6 is 0 Å². The zero-order chi connectivity index (χ0) is 16.9. The van der Waals surface area contributed by atoms with Gasteiger partial charge in [0.25, 0.3) is 0 Å². The fraction of sp³-hybridized carbons (Fsp3) is 0.353. The molecule has 0 bridgehead atoms. The van der Waals surface area contributed by atoms with Crippen LogP contribution in [0.2, 0.25) is 0 Å². The second-order valence-corrected chi connectivity index (χ2v) is 5.57. The number of carbonyl (C=O) groups excluding carboxylic acids is 2. The predicted octanol–water partition coefficient (Wildman–Crippen LogP) is 1.85. The molecule has 1 aromatic carbocycles. The summed E-state index contributed by atoms with van der Waals surface area (Å²) < 4.78 is 5.01. The molecule has 2 aromatic rings. The maximum absolute atomic E-state index is 12.4. The van der Waals surface area contributed by atoms with E-state index in [4.69, 9.17) is 4.74 Å². The fourth-order valence-electron chi connectivity index (χ4n) is 2.72.